The van der Waals surface area contributed by atoms with Crippen LogP contribution in [0.3, 0.4) is 0 Å². The molecule has 2 nitrogen and oxygen atoms in total. The Bertz CT molecular complexity index is 1330. The number of carbonyl (C=O) groups excluding carboxylic acids is 1. The summed E-state index contributed by atoms with van der Waals surface area (Å²) in [6.07, 6.45) is 28.2. The van der Waals surface area contributed by atoms with Crippen molar-refractivity contribution in [1.82, 2.24) is 4.90 Å². The Labute approximate surface area is 312 Å². The molecule has 0 aromatic heterocycles. The molecule has 2 unspecified atom stereocenters. The number of piperidine rings is 1. The number of allylic oxidation sites excluding steroid dienone is 1. The van der Waals surface area contributed by atoms with Crippen molar-refractivity contribution in [2.24, 2.45) is 17.8 Å². The lowest BCUT2D eigenvalue weighted by Crippen LogP contribution is -2.32. The first kappa shape index (κ1) is 39.2. The van der Waals surface area contributed by atoms with Gasteiger partial charge in [-0.2, -0.15) is 0 Å². The summed E-state index contributed by atoms with van der Waals surface area (Å²) in [6.45, 7) is 8.24. The molecule has 4 aliphatic rings. The topological polar surface area (TPSA) is 20.3 Å². The Balaban J connectivity index is 0.000000152. The van der Waals surface area contributed by atoms with E-state index >= 15 is 0 Å². The summed E-state index contributed by atoms with van der Waals surface area (Å²) >= 11 is 0. The molecular formula is C49H69NO. The van der Waals surface area contributed by atoms with Gasteiger partial charge in [0, 0.05) is 6.42 Å². The van der Waals surface area contributed by atoms with Gasteiger partial charge in [0.05, 0.1) is 0 Å². The van der Waals surface area contributed by atoms with Gasteiger partial charge in [0.15, 0.2) is 0 Å². The number of hydrogen-bond donors (Lipinski definition) is 0. The van der Waals surface area contributed by atoms with Crippen molar-refractivity contribution >= 4 is 11.9 Å². The van der Waals surface area contributed by atoms with Gasteiger partial charge in [0.25, 0.3) is 0 Å². The zero-order valence-corrected chi connectivity index (χ0v) is 32.0. The number of rotatable bonds is 11. The van der Waals surface area contributed by atoms with Gasteiger partial charge in [-0.15, -0.1) is 0 Å². The van der Waals surface area contributed by atoms with Gasteiger partial charge in [0.1, 0.15) is 6.29 Å². The molecule has 3 aromatic rings. The largest absolute Gasteiger partial charge is 0.303 e. The lowest BCUT2D eigenvalue weighted by molar-refractivity contribution is -0.108. The molecule has 0 amide bonds. The smallest absolute Gasteiger partial charge is 0.120 e. The fourth-order valence-corrected chi connectivity index (χ4v) is 9.70. The molecule has 51 heavy (non-hydrogen) atoms. The lowest BCUT2D eigenvalue weighted by atomic mass is 9.75. The fraction of sp³-hybridized carbons (Fsp3) is 0.571. The van der Waals surface area contributed by atoms with Crippen LogP contribution in [-0.2, 0) is 4.79 Å². The van der Waals surface area contributed by atoms with E-state index < -0.39 is 0 Å². The first-order chi connectivity index (χ1) is 25.2. The predicted octanol–water partition coefficient (Wildman–Crippen LogP) is 13.4. The van der Waals surface area contributed by atoms with Gasteiger partial charge in [0.2, 0.25) is 0 Å². The van der Waals surface area contributed by atoms with Crippen molar-refractivity contribution in [3.63, 3.8) is 0 Å². The highest BCUT2D eigenvalue weighted by Crippen LogP contribution is 2.39. The predicted molar refractivity (Wildman–Crippen MR) is 219 cm³/mol. The van der Waals surface area contributed by atoms with Crippen molar-refractivity contribution in [3.05, 3.63) is 114 Å². The molecule has 1 saturated heterocycles. The highest BCUT2D eigenvalue weighted by Gasteiger charge is 2.26. The molecule has 2 heteroatoms. The van der Waals surface area contributed by atoms with Crippen molar-refractivity contribution in [3.8, 4) is 0 Å². The minimum Gasteiger partial charge on any atom is -0.303 e. The summed E-state index contributed by atoms with van der Waals surface area (Å²) in [5.74, 6) is 3.66. The second kappa shape index (κ2) is 22.9. The van der Waals surface area contributed by atoms with E-state index in [0.29, 0.717) is 12.3 Å². The standard InChI is InChI=1S/C20H31N.C15H20O.C14H18/c1-4-10-18(11-5-1)20(19-12-6-2-7-13-19)14-17-21-15-8-3-9-16-21;16-12-11-15(13-7-3-1-4-8-13)14-9-5-2-6-10-14;1-12(13-8-4-2-5-9-13)14-10-6-3-7-11-14/h1,4-5,10-11,19-20H,2-3,6-9,12-17H2;1,3-4,7-8,12,14-15H,2,5-6,9-11H2;2,4-5,8-9,14H,1,3,6-7,10-11H2. The molecule has 0 spiro atoms. The van der Waals surface area contributed by atoms with Crippen LogP contribution in [0.15, 0.2) is 97.6 Å². The van der Waals surface area contributed by atoms with E-state index in [0.717, 1.165) is 30.0 Å². The minimum atomic E-state index is 0.457. The van der Waals surface area contributed by atoms with Crippen molar-refractivity contribution < 1.29 is 4.79 Å². The monoisotopic (exact) mass is 688 g/mol. The third-order valence-corrected chi connectivity index (χ3v) is 12.7. The zero-order valence-electron chi connectivity index (χ0n) is 32.0. The molecular weight excluding hydrogens is 619 g/mol. The molecule has 0 radical (unpaired) electrons. The fourth-order valence-electron chi connectivity index (χ4n) is 9.70. The van der Waals surface area contributed by atoms with E-state index in [9.17, 15) is 4.79 Å². The van der Waals surface area contributed by atoms with Gasteiger partial charge < -0.3 is 9.69 Å². The van der Waals surface area contributed by atoms with E-state index in [4.69, 9.17) is 0 Å². The molecule has 2 atom stereocenters. The van der Waals surface area contributed by atoms with Crippen LogP contribution < -0.4 is 0 Å². The quantitative estimate of drug-likeness (QED) is 0.187. The van der Waals surface area contributed by atoms with Crippen molar-refractivity contribution in [2.45, 2.75) is 140 Å². The molecule has 0 N–H and O–H groups in total. The molecule has 3 aliphatic carbocycles. The number of hydrogen-bond acceptors (Lipinski definition) is 2. The van der Waals surface area contributed by atoms with Crippen LogP contribution in [0.2, 0.25) is 0 Å². The summed E-state index contributed by atoms with van der Waals surface area (Å²) in [7, 11) is 0. The number of benzene rings is 3. The maximum Gasteiger partial charge on any atom is 0.120 e. The normalized spacial score (nSPS) is 20.5. The van der Waals surface area contributed by atoms with Crippen LogP contribution in [0.1, 0.15) is 157 Å². The number of aldehydes is 1. The SMILES string of the molecule is C=C(c1ccccc1)C1CCCCC1.O=CCC(c1ccccc1)C1CCCCC1.c1ccc(C(CCN2CCCCC2)C2CCCCC2)cc1. The van der Waals surface area contributed by atoms with Crippen LogP contribution >= 0.6 is 0 Å². The Morgan fingerprint density at radius 2 is 1.00 bits per heavy atom. The maximum atomic E-state index is 10.8. The zero-order chi connectivity index (χ0) is 35.4. The number of nitrogens with zero attached hydrogens (tertiary/aromatic N) is 1. The lowest BCUT2D eigenvalue weighted by Gasteiger charge is -2.33. The van der Waals surface area contributed by atoms with E-state index in [2.05, 4.69) is 96.4 Å². The average molecular weight is 688 g/mol. The van der Waals surface area contributed by atoms with E-state index in [1.165, 1.54) is 158 Å². The van der Waals surface area contributed by atoms with E-state index in [1.54, 1.807) is 5.56 Å². The Morgan fingerprint density at radius 3 is 1.51 bits per heavy atom. The second-order valence-electron chi connectivity index (χ2n) is 16.2. The molecule has 3 saturated carbocycles. The van der Waals surface area contributed by atoms with Crippen molar-refractivity contribution in [2.75, 3.05) is 19.6 Å². The van der Waals surface area contributed by atoms with Crippen molar-refractivity contribution in [1.29, 1.82) is 0 Å². The van der Waals surface area contributed by atoms with Gasteiger partial charge in [-0.05, 0) is 129 Å². The highest BCUT2D eigenvalue weighted by molar-refractivity contribution is 5.65. The third-order valence-electron chi connectivity index (χ3n) is 12.7. The molecule has 276 valence electrons. The molecule has 0 bridgehead atoms. The van der Waals surface area contributed by atoms with Gasteiger partial charge in [-0.3, -0.25) is 0 Å². The first-order valence-corrected chi connectivity index (χ1v) is 21.2. The number of likely N-dealkylation sites (tertiary alicyclic amines) is 1. The average Bonchev–Trinajstić information content (AvgIpc) is 3.23. The van der Waals surface area contributed by atoms with Crippen LogP contribution in [0.5, 0.6) is 0 Å². The van der Waals surface area contributed by atoms with E-state index in [-0.39, 0.29) is 0 Å². The Morgan fingerprint density at radius 1 is 0.569 bits per heavy atom. The van der Waals surface area contributed by atoms with Gasteiger partial charge in [-0.25, -0.2) is 0 Å². The highest BCUT2D eigenvalue weighted by atomic mass is 16.1. The van der Waals surface area contributed by atoms with Crippen LogP contribution in [0.25, 0.3) is 5.57 Å². The minimum absolute atomic E-state index is 0.457. The Hall–Kier alpha value is -2.97. The summed E-state index contributed by atoms with van der Waals surface area (Å²) in [5.41, 5.74) is 5.63. The molecule has 1 heterocycles. The molecule has 4 fully saturated rings. The molecule has 7 rings (SSSR count). The van der Waals surface area contributed by atoms with Crippen LogP contribution in [0.4, 0.5) is 0 Å². The first-order valence-electron chi connectivity index (χ1n) is 21.2. The number of carbonyl (C=O) groups is 1. The van der Waals surface area contributed by atoms with Gasteiger partial charge >= 0.3 is 0 Å². The Kier molecular flexibility index (Phi) is 17.6. The van der Waals surface area contributed by atoms with Gasteiger partial charge in [-0.1, -0.05) is 162 Å². The third kappa shape index (κ3) is 13.2. The second-order valence-corrected chi connectivity index (χ2v) is 16.2. The summed E-state index contributed by atoms with van der Waals surface area (Å²) in [4.78, 5) is 13.5. The van der Waals surface area contributed by atoms with E-state index in [1.807, 2.05) is 6.07 Å². The molecule has 1 aliphatic heterocycles. The maximum absolute atomic E-state index is 10.8. The summed E-state index contributed by atoms with van der Waals surface area (Å²) in [5, 5.41) is 0. The molecule has 3 aromatic carbocycles. The summed E-state index contributed by atoms with van der Waals surface area (Å²) < 4.78 is 0. The van der Waals surface area contributed by atoms with Crippen LogP contribution in [0, 0.1) is 17.8 Å². The summed E-state index contributed by atoms with van der Waals surface area (Å²) in [6, 6.07) is 32.5. The van der Waals surface area contributed by atoms with Crippen LogP contribution in [-0.4, -0.2) is 30.8 Å².